The van der Waals surface area contributed by atoms with E-state index in [0.717, 1.165) is 26.1 Å². The summed E-state index contributed by atoms with van der Waals surface area (Å²) >= 11 is 0. The molecule has 2 heterocycles. The zero-order valence-electron chi connectivity index (χ0n) is 13.1. The molecule has 128 valence electrons. The average molecular weight is 334 g/mol. The SMILES string of the molecule is Cl.O=C(CCC(=O)N1CCOCC1)NCCC1CCCNC1. The van der Waals surface area contributed by atoms with Crippen LogP contribution in [0, 0.1) is 5.92 Å². The third-order valence-corrected chi connectivity index (χ3v) is 4.20. The van der Waals surface area contributed by atoms with Gasteiger partial charge < -0.3 is 20.3 Å². The van der Waals surface area contributed by atoms with Crippen molar-refractivity contribution in [3.05, 3.63) is 0 Å². The van der Waals surface area contributed by atoms with Gasteiger partial charge in [-0.25, -0.2) is 0 Å². The largest absolute Gasteiger partial charge is 0.378 e. The molecule has 2 fully saturated rings. The zero-order valence-corrected chi connectivity index (χ0v) is 14.0. The van der Waals surface area contributed by atoms with Gasteiger partial charge in [0.15, 0.2) is 0 Å². The molecule has 2 N–H and O–H groups in total. The Morgan fingerprint density at radius 2 is 2.00 bits per heavy atom. The number of hydrogen-bond acceptors (Lipinski definition) is 4. The van der Waals surface area contributed by atoms with Crippen LogP contribution in [0.1, 0.15) is 32.1 Å². The van der Waals surface area contributed by atoms with Gasteiger partial charge >= 0.3 is 0 Å². The van der Waals surface area contributed by atoms with Crippen LogP contribution in [0.15, 0.2) is 0 Å². The number of hydrogen-bond donors (Lipinski definition) is 2. The molecule has 22 heavy (non-hydrogen) atoms. The van der Waals surface area contributed by atoms with E-state index in [9.17, 15) is 9.59 Å². The molecule has 2 aliphatic rings. The van der Waals surface area contributed by atoms with E-state index in [0.29, 0.717) is 45.1 Å². The maximum absolute atomic E-state index is 11.9. The van der Waals surface area contributed by atoms with Gasteiger partial charge in [-0.15, -0.1) is 12.4 Å². The van der Waals surface area contributed by atoms with E-state index in [1.165, 1.54) is 12.8 Å². The van der Waals surface area contributed by atoms with Crippen LogP contribution in [0.2, 0.25) is 0 Å². The predicted octanol–water partition coefficient (Wildman–Crippen LogP) is 0.553. The molecular formula is C15H28ClN3O3. The molecule has 2 rings (SSSR count). The molecule has 0 saturated carbocycles. The van der Waals surface area contributed by atoms with E-state index in [1.54, 1.807) is 4.90 Å². The molecule has 1 atom stereocenters. The van der Waals surface area contributed by atoms with E-state index >= 15 is 0 Å². The number of carbonyl (C=O) groups is 2. The van der Waals surface area contributed by atoms with Gasteiger partial charge in [0.05, 0.1) is 13.2 Å². The Hall–Kier alpha value is -0.850. The minimum atomic E-state index is -0.0135. The monoisotopic (exact) mass is 333 g/mol. The lowest BCUT2D eigenvalue weighted by molar-refractivity contribution is -0.137. The Morgan fingerprint density at radius 1 is 1.23 bits per heavy atom. The van der Waals surface area contributed by atoms with Crippen LogP contribution in [-0.2, 0) is 14.3 Å². The number of nitrogens with zero attached hydrogens (tertiary/aromatic N) is 1. The number of carbonyl (C=O) groups excluding carboxylic acids is 2. The predicted molar refractivity (Wildman–Crippen MR) is 87.1 cm³/mol. The highest BCUT2D eigenvalue weighted by atomic mass is 35.5. The fraction of sp³-hybridized carbons (Fsp3) is 0.867. The van der Waals surface area contributed by atoms with Crippen molar-refractivity contribution in [2.45, 2.75) is 32.1 Å². The van der Waals surface area contributed by atoms with Crippen molar-refractivity contribution in [2.75, 3.05) is 45.9 Å². The van der Waals surface area contributed by atoms with Gasteiger partial charge in [-0.05, 0) is 38.3 Å². The molecular weight excluding hydrogens is 306 g/mol. The number of morpholine rings is 1. The van der Waals surface area contributed by atoms with Gasteiger partial charge in [0.1, 0.15) is 0 Å². The van der Waals surface area contributed by atoms with Crippen LogP contribution in [0.5, 0.6) is 0 Å². The summed E-state index contributed by atoms with van der Waals surface area (Å²) in [6.07, 6.45) is 4.09. The highest BCUT2D eigenvalue weighted by Gasteiger charge is 2.18. The molecule has 2 amide bonds. The minimum Gasteiger partial charge on any atom is -0.378 e. The Balaban J connectivity index is 0.00000242. The third kappa shape index (κ3) is 6.94. The van der Waals surface area contributed by atoms with Gasteiger partial charge in [0, 0.05) is 32.5 Å². The molecule has 0 aromatic carbocycles. The van der Waals surface area contributed by atoms with Crippen molar-refractivity contribution in [2.24, 2.45) is 5.92 Å². The Bertz CT molecular complexity index is 343. The third-order valence-electron chi connectivity index (χ3n) is 4.20. The molecule has 6 nitrogen and oxygen atoms in total. The van der Waals surface area contributed by atoms with Crippen molar-refractivity contribution in [3.63, 3.8) is 0 Å². The van der Waals surface area contributed by atoms with E-state index in [-0.39, 0.29) is 24.2 Å². The molecule has 7 heteroatoms. The first-order valence-corrected chi connectivity index (χ1v) is 8.08. The molecule has 2 saturated heterocycles. The minimum absolute atomic E-state index is 0. The second-order valence-corrected chi connectivity index (χ2v) is 5.84. The highest BCUT2D eigenvalue weighted by molar-refractivity contribution is 5.85. The standard InChI is InChI=1S/C15H27N3O3.ClH/c19-14(17-7-5-13-2-1-6-16-12-13)3-4-15(20)18-8-10-21-11-9-18;/h13,16H,1-12H2,(H,17,19);1H. The van der Waals surface area contributed by atoms with E-state index in [4.69, 9.17) is 4.74 Å². The molecule has 0 aliphatic carbocycles. The van der Waals surface area contributed by atoms with Crippen LogP contribution in [-0.4, -0.2) is 62.7 Å². The number of ether oxygens (including phenoxy) is 1. The van der Waals surface area contributed by atoms with Crippen molar-refractivity contribution in [1.82, 2.24) is 15.5 Å². The Kier molecular flexibility index (Phi) is 9.43. The average Bonchev–Trinajstić information content (AvgIpc) is 2.54. The molecule has 0 aromatic rings. The first-order valence-electron chi connectivity index (χ1n) is 8.08. The lowest BCUT2D eigenvalue weighted by Crippen LogP contribution is -2.41. The summed E-state index contributed by atoms with van der Waals surface area (Å²) in [5.74, 6) is 0.722. The van der Waals surface area contributed by atoms with Crippen molar-refractivity contribution < 1.29 is 14.3 Å². The van der Waals surface area contributed by atoms with Gasteiger partial charge in [-0.3, -0.25) is 9.59 Å². The Labute approximate surface area is 138 Å². The lowest BCUT2D eigenvalue weighted by Gasteiger charge is -2.26. The van der Waals surface area contributed by atoms with E-state index in [2.05, 4.69) is 10.6 Å². The topological polar surface area (TPSA) is 70.7 Å². The smallest absolute Gasteiger partial charge is 0.223 e. The normalized spacial score (nSPS) is 21.8. The quantitative estimate of drug-likeness (QED) is 0.745. The van der Waals surface area contributed by atoms with Crippen molar-refractivity contribution in [3.8, 4) is 0 Å². The summed E-state index contributed by atoms with van der Waals surface area (Å²) in [5, 5.41) is 6.30. The Morgan fingerprint density at radius 3 is 2.68 bits per heavy atom. The number of halogens is 1. The number of amides is 2. The summed E-state index contributed by atoms with van der Waals surface area (Å²) in [6.45, 7) is 5.40. The van der Waals surface area contributed by atoms with Gasteiger partial charge in [0.25, 0.3) is 0 Å². The summed E-state index contributed by atoms with van der Waals surface area (Å²) in [6, 6.07) is 0. The number of rotatable bonds is 6. The van der Waals surface area contributed by atoms with Gasteiger partial charge in [0.2, 0.25) is 11.8 Å². The van der Waals surface area contributed by atoms with Crippen molar-refractivity contribution in [1.29, 1.82) is 0 Å². The fourth-order valence-electron chi connectivity index (χ4n) is 2.87. The summed E-state index contributed by atoms with van der Waals surface area (Å²) in [4.78, 5) is 25.4. The number of piperidine rings is 1. The first-order chi connectivity index (χ1) is 10.3. The lowest BCUT2D eigenvalue weighted by atomic mass is 9.96. The van der Waals surface area contributed by atoms with Crippen molar-refractivity contribution >= 4 is 24.2 Å². The molecule has 2 aliphatic heterocycles. The first kappa shape index (κ1) is 19.2. The fourth-order valence-corrected chi connectivity index (χ4v) is 2.87. The van der Waals surface area contributed by atoms with Gasteiger partial charge in [-0.1, -0.05) is 0 Å². The molecule has 0 aromatic heterocycles. The second kappa shape index (κ2) is 10.8. The number of nitrogens with one attached hydrogen (secondary N) is 2. The van der Waals surface area contributed by atoms with Crippen LogP contribution in [0.3, 0.4) is 0 Å². The van der Waals surface area contributed by atoms with Crippen LogP contribution in [0.4, 0.5) is 0 Å². The zero-order chi connectivity index (χ0) is 14.9. The maximum atomic E-state index is 11.9. The molecule has 0 spiro atoms. The molecule has 0 bridgehead atoms. The molecule has 0 radical (unpaired) electrons. The summed E-state index contributed by atoms with van der Waals surface area (Å²) in [5.41, 5.74) is 0. The summed E-state index contributed by atoms with van der Waals surface area (Å²) in [7, 11) is 0. The van der Waals surface area contributed by atoms with Crippen LogP contribution < -0.4 is 10.6 Å². The second-order valence-electron chi connectivity index (χ2n) is 5.84. The summed E-state index contributed by atoms with van der Waals surface area (Å²) < 4.78 is 5.21. The maximum Gasteiger partial charge on any atom is 0.223 e. The van der Waals surface area contributed by atoms with Crippen LogP contribution in [0.25, 0.3) is 0 Å². The van der Waals surface area contributed by atoms with E-state index < -0.39 is 0 Å². The molecule has 1 unspecified atom stereocenters. The van der Waals surface area contributed by atoms with Gasteiger partial charge in [-0.2, -0.15) is 0 Å². The van der Waals surface area contributed by atoms with E-state index in [1.807, 2.05) is 0 Å². The van der Waals surface area contributed by atoms with Crippen LogP contribution >= 0.6 is 12.4 Å². The highest BCUT2D eigenvalue weighted by Crippen LogP contribution is 2.12.